The van der Waals surface area contributed by atoms with Gasteiger partial charge >= 0.3 is 0 Å². The van der Waals surface area contributed by atoms with Crippen LogP contribution in [-0.2, 0) is 11.3 Å². The van der Waals surface area contributed by atoms with Crippen molar-refractivity contribution in [1.29, 1.82) is 0 Å². The predicted octanol–water partition coefficient (Wildman–Crippen LogP) is 2.19. The van der Waals surface area contributed by atoms with Gasteiger partial charge in [0.15, 0.2) is 5.69 Å². The first-order valence-corrected chi connectivity index (χ1v) is 8.11. The number of carbonyl (C=O) groups is 1. The fraction of sp³-hybridized carbons (Fsp3) is 0.533. The minimum atomic E-state index is -0.252. The molecule has 2 aromatic heterocycles. The molecule has 0 radical (unpaired) electrons. The first-order chi connectivity index (χ1) is 11.1. The molecule has 3 heterocycles. The summed E-state index contributed by atoms with van der Waals surface area (Å²) in [7, 11) is 0. The minimum absolute atomic E-state index is 0.165. The summed E-state index contributed by atoms with van der Waals surface area (Å²) in [5, 5.41) is 4.70. The van der Waals surface area contributed by atoms with Crippen molar-refractivity contribution < 1.29 is 9.53 Å². The first-order valence-electron chi connectivity index (χ1n) is 7.73. The smallest absolute Gasteiger partial charge is 0.276 e. The Kier molecular flexibility index (Phi) is 4.68. The van der Waals surface area contributed by atoms with Crippen molar-refractivity contribution in [3.63, 3.8) is 0 Å². The molecule has 1 amide bonds. The van der Waals surface area contributed by atoms with Crippen molar-refractivity contribution in [3.05, 3.63) is 34.6 Å². The standard InChI is InChI=1S/C15H20ClN5O2/c1-3-4-21-8-11(16)13(19-21)15(22)20-5-6-23-12(9-20)14-17-7-10(2)18-14/h7-8,12H,3-6,9H2,1-2H3,(H,17,18)/t12-/m0/s1. The molecule has 0 saturated carbocycles. The molecule has 3 rings (SSSR count). The number of aromatic amines is 1. The lowest BCUT2D eigenvalue weighted by atomic mass is 10.2. The van der Waals surface area contributed by atoms with Gasteiger partial charge in [0.1, 0.15) is 11.9 Å². The van der Waals surface area contributed by atoms with E-state index in [1.807, 2.05) is 6.92 Å². The molecule has 1 saturated heterocycles. The summed E-state index contributed by atoms with van der Waals surface area (Å²) in [4.78, 5) is 21.9. The van der Waals surface area contributed by atoms with Gasteiger partial charge in [0, 0.05) is 31.2 Å². The van der Waals surface area contributed by atoms with Crippen LogP contribution in [-0.4, -0.2) is 50.3 Å². The molecule has 0 aromatic carbocycles. The minimum Gasteiger partial charge on any atom is -0.367 e. The zero-order valence-corrected chi connectivity index (χ0v) is 14.0. The number of carbonyl (C=O) groups excluding carboxylic acids is 1. The number of hydrogen-bond acceptors (Lipinski definition) is 4. The average Bonchev–Trinajstić information content (AvgIpc) is 3.13. The van der Waals surface area contributed by atoms with Gasteiger partial charge in [-0.2, -0.15) is 5.10 Å². The van der Waals surface area contributed by atoms with Gasteiger partial charge in [-0.3, -0.25) is 9.48 Å². The maximum atomic E-state index is 12.7. The highest BCUT2D eigenvalue weighted by Gasteiger charge is 2.30. The van der Waals surface area contributed by atoms with Gasteiger partial charge in [-0.25, -0.2) is 4.98 Å². The van der Waals surface area contributed by atoms with Crippen LogP contribution in [0, 0.1) is 6.92 Å². The Bertz CT molecular complexity index is 696. The molecular formula is C15H20ClN5O2. The van der Waals surface area contributed by atoms with E-state index in [0.717, 1.165) is 24.5 Å². The third-order valence-corrected chi connectivity index (χ3v) is 4.03. The Hall–Kier alpha value is -1.86. The predicted molar refractivity (Wildman–Crippen MR) is 85.4 cm³/mol. The van der Waals surface area contributed by atoms with Gasteiger partial charge in [-0.15, -0.1) is 0 Å². The number of morpholine rings is 1. The van der Waals surface area contributed by atoms with Crippen molar-refractivity contribution in [3.8, 4) is 0 Å². The van der Waals surface area contributed by atoms with Crippen LogP contribution >= 0.6 is 11.6 Å². The Balaban J connectivity index is 1.74. The first kappa shape index (κ1) is 16.0. The van der Waals surface area contributed by atoms with E-state index >= 15 is 0 Å². The third-order valence-electron chi connectivity index (χ3n) is 3.75. The number of aryl methyl sites for hydroxylation is 2. The van der Waals surface area contributed by atoms with E-state index in [1.165, 1.54) is 0 Å². The summed E-state index contributed by atoms with van der Waals surface area (Å²) >= 11 is 6.17. The van der Waals surface area contributed by atoms with E-state index in [1.54, 1.807) is 22.0 Å². The largest absolute Gasteiger partial charge is 0.367 e. The van der Waals surface area contributed by atoms with Crippen molar-refractivity contribution in [1.82, 2.24) is 24.6 Å². The van der Waals surface area contributed by atoms with Crippen LogP contribution in [0.2, 0.25) is 5.02 Å². The number of hydrogen-bond donors (Lipinski definition) is 1. The van der Waals surface area contributed by atoms with Crippen LogP contribution in [0.15, 0.2) is 12.4 Å². The molecule has 23 heavy (non-hydrogen) atoms. The van der Waals surface area contributed by atoms with Crippen LogP contribution in [0.5, 0.6) is 0 Å². The van der Waals surface area contributed by atoms with E-state index in [-0.39, 0.29) is 12.0 Å². The number of amides is 1. The normalized spacial score (nSPS) is 18.4. The Morgan fingerprint density at radius 1 is 1.57 bits per heavy atom. The number of nitrogens with one attached hydrogen (secondary N) is 1. The highest BCUT2D eigenvalue weighted by molar-refractivity contribution is 6.33. The topological polar surface area (TPSA) is 76.0 Å². The second kappa shape index (κ2) is 6.72. The third kappa shape index (κ3) is 3.40. The highest BCUT2D eigenvalue weighted by Crippen LogP contribution is 2.23. The molecule has 0 aliphatic carbocycles. The van der Waals surface area contributed by atoms with Crippen molar-refractivity contribution in [2.75, 3.05) is 19.7 Å². The molecule has 1 fully saturated rings. The summed E-state index contributed by atoms with van der Waals surface area (Å²) in [5.74, 6) is 0.573. The molecule has 0 spiro atoms. The van der Waals surface area contributed by atoms with E-state index in [9.17, 15) is 4.79 Å². The Labute approximate surface area is 139 Å². The van der Waals surface area contributed by atoms with E-state index in [0.29, 0.717) is 30.4 Å². The summed E-state index contributed by atoms with van der Waals surface area (Å²) in [6, 6.07) is 0. The van der Waals surface area contributed by atoms with Crippen LogP contribution < -0.4 is 0 Å². The van der Waals surface area contributed by atoms with Gasteiger partial charge in [-0.1, -0.05) is 18.5 Å². The number of ether oxygens (including phenoxy) is 1. The summed E-state index contributed by atoms with van der Waals surface area (Å²) in [6.07, 6.45) is 4.13. The van der Waals surface area contributed by atoms with E-state index in [2.05, 4.69) is 22.0 Å². The fourth-order valence-corrected chi connectivity index (χ4v) is 2.86. The Morgan fingerprint density at radius 2 is 2.39 bits per heavy atom. The van der Waals surface area contributed by atoms with Crippen molar-refractivity contribution in [2.45, 2.75) is 32.9 Å². The Morgan fingerprint density at radius 3 is 3.09 bits per heavy atom. The number of H-pyrrole nitrogens is 1. The molecule has 1 aliphatic rings. The van der Waals surface area contributed by atoms with Gasteiger partial charge in [0.2, 0.25) is 0 Å². The number of nitrogens with zero attached hydrogens (tertiary/aromatic N) is 4. The summed E-state index contributed by atoms with van der Waals surface area (Å²) in [5.41, 5.74) is 1.27. The molecule has 1 N–H and O–H groups in total. The molecule has 8 heteroatoms. The second-order valence-electron chi connectivity index (χ2n) is 5.65. The highest BCUT2D eigenvalue weighted by atomic mass is 35.5. The van der Waals surface area contributed by atoms with Crippen LogP contribution in [0.25, 0.3) is 0 Å². The number of rotatable bonds is 4. The zero-order valence-electron chi connectivity index (χ0n) is 13.3. The second-order valence-corrected chi connectivity index (χ2v) is 6.06. The van der Waals surface area contributed by atoms with Gasteiger partial charge in [0.25, 0.3) is 5.91 Å². The summed E-state index contributed by atoms with van der Waals surface area (Å²) in [6.45, 7) is 6.14. The molecule has 0 bridgehead atoms. The number of halogens is 1. The molecule has 124 valence electrons. The monoisotopic (exact) mass is 337 g/mol. The maximum Gasteiger partial charge on any atom is 0.276 e. The molecule has 2 aromatic rings. The van der Waals surface area contributed by atoms with Gasteiger partial charge < -0.3 is 14.6 Å². The molecule has 0 unspecified atom stereocenters. The van der Waals surface area contributed by atoms with Crippen LogP contribution in [0.4, 0.5) is 0 Å². The SMILES string of the molecule is CCCn1cc(Cl)c(C(=O)N2CCO[C@H](c3ncc(C)[nH]3)C2)n1. The van der Waals surface area contributed by atoms with Crippen LogP contribution in [0.3, 0.4) is 0 Å². The lowest BCUT2D eigenvalue weighted by Crippen LogP contribution is -2.42. The van der Waals surface area contributed by atoms with E-state index in [4.69, 9.17) is 16.3 Å². The number of aromatic nitrogens is 4. The fourth-order valence-electron chi connectivity index (χ4n) is 2.63. The van der Waals surface area contributed by atoms with Crippen LogP contribution in [0.1, 0.15) is 41.5 Å². The average molecular weight is 338 g/mol. The zero-order chi connectivity index (χ0) is 16.4. The molecular weight excluding hydrogens is 318 g/mol. The van der Waals surface area contributed by atoms with Gasteiger partial charge in [0.05, 0.1) is 18.2 Å². The molecule has 7 nitrogen and oxygen atoms in total. The quantitative estimate of drug-likeness (QED) is 0.927. The number of imidazole rings is 1. The van der Waals surface area contributed by atoms with E-state index < -0.39 is 0 Å². The van der Waals surface area contributed by atoms with Crippen molar-refractivity contribution >= 4 is 17.5 Å². The lowest BCUT2D eigenvalue weighted by Gasteiger charge is -2.31. The van der Waals surface area contributed by atoms with Crippen molar-refractivity contribution in [2.24, 2.45) is 0 Å². The lowest BCUT2D eigenvalue weighted by molar-refractivity contribution is -0.0266. The molecule has 1 aliphatic heterocycles. The maximum absolute atomic E-state index is 12.7. The molecule has 1 atom stereocenters. The van der Waals surface area contributed by atoms with Gasteiger partial charge in [-0.05, 0) is 13.3 Å². The summed E-state index contributed by atoms with van der Waals surface area (Å²) < 4.78 is 7.43.